The van der Waals surface area contributed by atoms with Crippen LogP contribution in [0.2, 0.25) is 0 Å². The van der Waals surface area contributed by atoms with E-state index >= 15 is 0 Å². The Balaban J connectivity index is 1.84. The molecule has 2 fully saturated rings. The normalized spacial score (nSPS) is 19.1. The highest BCUT2D eigenvalue weighted by Gasteiger charge is 2.42. The van der Waals surface area contributed by atoms with Crippen LogP contribution in [0.15, 0.2) is 24.3 Å². The molecule has 1 amide bonds. The first-order valence-electron chi connectivity index (χ1n) is 7.09. The number of carbonyl (C=O) groups excluding carboxylic acids is 1. The maximum absolute atomic E-state index is 12.6. The Morgan fingerprint density at radius 2 is 1.78 bits per heavy atom. The first-order valence-corrected chi connectivity index (χ1v) is 7.09. The van der Waals surface area contributed by atoms with Crippen LogP contribution in [0.25, 0.3) is 0 Å². The number of nitrogens with zero attached hydrogens (tertiary/aromatic N) is 1. The van der Waals surface area contributed by atoms with Gasteiger partial charge < -0.3 is 4.90 Å². The lowest BCUT2D eigenvalue weighted by molar-refractivity contribution is 0.0730. The quantitative estimate of drug-likeness (QED) is 0.791. The highest BCUT2D eigenvalue weighted by atomic mass is 16.2. The van der Waals surface area contributed by atoms with Crippen molar-refractivity contribution in [2.75, 3.05) is 0 Å². The van der Waals surface area contributed by atoms with Gasteiger partial charge in [0.25, 0.3) is 5.91 Å². The van der Waals surface area contributed by atoms with Gasteiger partial charge >= 0.3 is 0 Å². The molecule has 2 aliphatic carbocycles. The molecule has 0 saturated heterocycles. The van der Waals surface area contributed by atoms with Gasteiger partial charge in [-0.2, -0.15) is 0 Å². The summed E-state index contributed by atoms with van der Waals surface area (Å²) in [5.41, 5.74) is 2.13. The molecule has 0 spiro atoms. The molecule has 0 atom stereocenters. The number of benzene rings is 1. The van der Waals surface area contributed by atoms with Crippen molar-refractivity contribution >= 4 is 5.91 Å². The summed E-state index contributed by atoms with van der Waals surface area (Å²) in [6.45, 7) is 4.34. The number of carbonyl (C=O) groups is 1. The Labute approximate surface area is 109 Å². The zero-order valence-electron chi connectivity index (χ0n) is 11.2. The number of hydrogen-bond donors (Lipinski definition) is 0. The van der Waals surface area contributed by atoms with Crippen LogP contribution in [-0.4, -0.2) is 22.9 Å². The second-order valence-corrected chi connectivity index (χ2v) is 5.95. The summed E-state index contributed by atoms with van der Waals surface area (Å²) in [7, 11) is 0. The third-order valence-corrected chi connectivity index (χ3v) is 3.92. The molecule has 1 aromatic carbocycles. The molecule has 2 aliphatic rings. The largest absolute Gasteiger partial charge is 0.333 e. The first-order chi connectivity index (χ1) is 8.66. The fourth-order valence-corrected chi connectivity index (χ4v) is 2.52. The predicted molar refractivity (Wildman–Crippen MR) is 72.7 cm³/mol. The van der Waals surface area contributed by atoms with Crippen LogP contribution < -0.4 is 0 Å². The van der Waals surface area contributed by atoms with E-state index in [2.05, 4.69) is 30.9 Å². The van der Waals surface area contributed by atoms with Crippen LogP contribution in [0.5, 0.6) is 0 Å². The van der Waals surface area contributed by atoms with Crippen LogP contribution in [0, 0.1) is 0 Å². The lowest BCUT2D eigenvalue weighted by Crippen LogP contribution is -2.35. The van der Waals surface area contributed by atoms with E-state index in [0.29, 0.717) is 18.0 Å². The van der Waals surface area contributed by atoms with Crippen molar-refractivity contribution in [2.45, 2.75) is 57.5 Å². The molecule has 0 aromatic heterocycles. The lowest BCUT2D eigenvalue weighted by Gasteiger charge is -2.22. The summed E-state index contributed by atoms with van der Waals surface area (Å²) < 4.78 is 0. The Hall–Kier alpha value is -1.31. The van der Waals surface area contributed by atoms with Crippen LogP contribution >= 0.6 is 0 Å². The van der Waals surface area contributed by atoms with Crippen molar-refractivity contribution in [3.63, 3.8) is 0 Å². The highest BCUT2D eigenvalue weighted by Crippen LogP contribution is 2.38. The Morgan fingerprint density at radius 1 is 1.17 bits per heavy atom. The summed E-state index contributed by atoms with van der Waals surface area (Å²) in [4.78, 5) is 14.8. The topological polar surface area (TPSA) is 20.3 Å². The molecule has 18 heavy (non-hydrogen) atoms. The summed E-state index contributed by atoms with van der Waals surface area (Å²) in [5, 5.41) is 0. The average molecular weight is 243 g/mol. The molecule has 96 valence electrons. The van der Waals surface area contributed by atoms with Gasteiger partial charge in [-0.1, -0.05) is 26.0 Å². The lowest BCUT2D eigenvalue weighted by atomic mass is 10.0. The van der Waals surface area contributed by atoms with Crippen molar-refractivity contribution in [3.8, 4) is 0 Å². The third kappa shape index (κ3) is 2.29. The Kier molecular flexibility index (Phi) is 2.89. The molecule has 0 N–H and O–H groups in total. The van der Waals surface area contributed by atoms with Crippen LogP contribution in [0.1, 0.15) is 61.4 Å². The summed E-state index contributed by atoms with van der Waals surface area (Å²) >= 11 is 0. The van der Waals surface area contributed by atoms with E-state index in [-0.39, 0.29) is 5.91 Å². The maximum atomic E-state index is 12.6. The molecule has 0 unspecified atom stereocenters. The summed E-state index contributed by atoms with van der Waals surface area (Å²) in [6.07, 6.45) is 4.80. The minimum atomic E-state index is 0.252. The van der Waals surface area contributed by atoms with Crippen molar-refractivity contribution in [1.29, 1.82) is 0 Å². The minimum absolute atomic E-state index is 0.252. The minimum Gasteiger partial charge on any atom is -0.333 e. The van der Waals surface area contributed by atoms with Crippen molar-refractivity contribution in [1.82, 2.24) is 4.90 Å². The molecular formula is C16H21NO. The van der Waals surface area contributed by atoms with Gasteiger partial charge in [0.1, 0.15) is 0 Å². The smallest absolute Gasteiger partial charge is 0.254 e. The van der Waals surface area contributed by atoms with Gasteiger partial charge in [-0.25, -0.2) is 0 Å². The number of hydrogen-bond acceptors (Lipinski definition) is 1. The van der Waals surface area contributed by atoms with Crippen molar-refractivity contribution < 1.29 is 4.79 Å². The fourth-order valence-electron chi connectivity index (χ4n) is 2.52. The molecular weight excluding hydrogens is 222 g/mol. The molecule has 3 rings (SSSR count). The van der Waals surface area contributed by atoms with E-state index in [4.69, 9.17) is 0 Å². The van der Waals surface area contributed by atoms with Gasteiger partial charge in [0.2, 0.25) is 0 Å². The van der Waals surface area contributed by atoms with Gasteiger partial charge in [0.05, 0.1) is 0 Å². The van der Waals surface area contributed by atoms with Crippen LogP contribution in [0.3, 0.4) is 0 Å². The molecule has 0 bridgehead atoms. The number of amides is 1. The number of rotatable bonds is 4. The van der Waals surface area contributed by atoms with Gasteiger partial charge in [-0.3, -0.25) is 4.79 Å². The molecule has 2 nitrogen and oxygen atoms in total. The van der Waals surface area contributed by atoms with Crippen molar-refractivity contribution in [3.05, 3.63) is 35.4 Å². The standard InChI is InChI=1S/C16H21NO/c1-11(2)12-4-3-5-13(10-12)16(18)17(14-6-7-14)15-8-9-15/h3-5,10-11,14-15H,6-9H2,1-2H3. The van der Waals surface area contributed by atoms with E-state index < -0.39 is 0 Å². The monoisotopic (exact) mass is 243 g/mol. The molecule has 2 saturated carbocycles. The molecule has 0 aliphatic heterocycles. The highest BCUT2D eigenvalue weighted by molar-refractivity contribution is 5.95. The summed E-state index contributed by atoms with van der Waals surface area (Å²) in [5.74, 6) is 0.732. The van der Waals surface area contributed by atoms with E-state index in [9.17, 15) is 4.79 Å². The van der Waals surface area contributed by atoms with Crippen LogP contribution in [-0.2, 0) is 0 Å². The third-order valence-electron chi connectivity index (χ3n) is 3.92. The van der Waals surface area contributed by atoms with Gasteiger partial charge in [-0.05, 0) is 49.3 Å². The van der Waals surface area contributed by atoms with E-state index in [1.54, 1.807) is 0 Å². The summed E-state index contributed by atoms with van der Waals surface area (Å²) in [6, 6.07) is 9.23. The Morgan fingerprint density at radius 3 is 2.28 bits per heavy atom. The fraction of sp³-hybridized carbons (Fsp3) is 0.562. The Bertz CT molecular complexity index is 446. The van der Waals surface area contributed by atoms with E-state index in [1.807, 2.05) is 12.1 Å². The second kappa shape index (κ2) is 4.42. The average Bonchev–Trinajstić information content (AvgIpc) is 3.23. The van der Waals surface area contributed by atoms with Crippen molar-refractivity contribution in [2.24, 2.45) is 0 Å². The maximum Gasteiger partial charge on any atom is 0.254 e. The SMILES string of the molecule is CC(C)c1cccc(C(=O)N(C2CC2)C2CC2)c1. The zero-order valence-corrected chi connectivity index (χ0v) is 11.2. The first kappa shape index (κ1) is 11.8. The van der Waals surface area contributed by atoms with Gasteiger partial charge in [0, 0.05) is 17.6 Å². The molecule has 2 heteroatoms. The molecule has 1 aromatic rings. The zero-order chi connectivity index (χ0) is 12.7. The second-order valence-electron chi connectivity index (χ2n) is 5.95. The van der Waals surface area contributed by atoms with Crippen LogP contribution in [0.4, 0.5) is 0 Å². The predicted octanol–water partition coefficient (Wildman–Crippen LogP) is 3.58. The van der Waals surface area contributed by atoms with Gasteiger partial charge in [-0.15, -0.1) is 0 Å². The van der Waals surface area contributed by atoms with E-state index in [1.165, 1.54) is 31.2 Å². The molecule has 0 heterocycles. The van der Waals surface area contributed by atoms with E-state index in [0.717, 1.165) is 5.56 Å². The van der Waals surface area contributed by atoms with Gasteiger partial charge in [0.15, 0.2) is 0 Å². The molecule has 0 radical (unpaired) electrons.